The van der Waals surface area contributed by atoms with Crippen LogP contribution < -0.4 is 5.32 Å². The molecule has 0 aromatic carbocycles. The molecule has 14 heavy (non-hydrogen) atoms. The van der Waals surface area contributed by atoms with Crippen LogP contribution in [-0.4, -0.2) is 12.3 Å². The normalized spacial score (nSPS) is 7.57. The molecule has 0 rings (SSSR count). The minimum atomic E-state index is 0.944. The summed E-state index contributed by atoms with van der Waals surface area (Å²) in [5, 5.41) is 3.24. The second kappa shape index (κ2) is 23.1. The first-order chi connectivity index (χ1) is 6.72. The van der Waals surface area contributed by atoms with Crippen molar-refractivity contribution in [3.8, 4) is 0 Å². The quantitative estimate of drug-likeness (QED) is 0.520. The van der Waals surface area contributed by atoms with Crippen LogP contribution in [0, 0.1) is 0 Å². The lowest BCUT2D eigenvalue weighted by Gasteiger charge is -2.04. The van der Waals surface area contributed by atoms with E-state index in [-0.39, 0.29) is 0 Å². The third-order valence-corrected chi connectivity index (χ3v) is 1.33. The number of rotatable bonds is 5. The van der Waals surface area contributed by atoms with Crippen molar-refractivity contribution in [2.75, 3.05) is 12.3 Å². The number of hydrogen-bond donors (Lipinski definition) is 2. The van der Waals surface area contributed by atoms with Crippen molar-refractivity contribution in [3.63, 3.8) is 0 Å². The van der Waals surface area contributed by atoms with E-state index >= 15 is 0 Å². The van der Waals surface area contributed by atoms with Gasteiger partial charge in [0.1, 0.15) is 0 Å². The van der Waals surface area contributed by atoms with E-state index in [4.69, 9.17) is 0 Å². The van der Waals surface area contributed by atoms with Gasteiger partial charge in [-0.15, -0.1) is 0 Å². The zero-order valence-corrected chi connectivity index (χ0v) is 11.6. The van der Waals surface area contributed by atoms with Crippen molar-refractivity contribution in [1.29, 1.82) is 0 Å². The van der Waals surface area contributed by atoms with Gasteiger partial charge in [0.05, 0.1) is 0 Å². The second-order valence-electron chi connectivity index (χ2n) is 2.55. The van der Waals surface area contributed by atoms with Crippen molar-refractivity contribution < 1.29 is 0 Å². The van der Waals surface area contributed by atoms with Crippen molar-refractivity contribution in [1.82, 2.24) is 5.32 Å². The molecule has 0 bridgehead atoms. The molecule has 0 aliphatic heterocycles. The van der Waals surface area contributed by atoms with Crippen LogP contribution in [0.25, 0.3) is 0 Å². The van der Waals surface area contributed by atoms with E-state index in [1.54, 1.807) is 0 Å². The molecule has 2 heteroatoms. The Morgan fingerprint density at radius 3 is 1.93 bits per heavy atom. The average molecular weight is 219 g/mol. The molecule has 0 aliphatic rings. The highest BCUT2D eigenvalue weighted by Gasteiger charge is 1.85. The lowest BCUT2D eigenvalue weighted by atomic mass is 10.3. The number of nitrogens with one attached hydrogen (secondary N) is 1. The third kappa shape index (κ3) is 29.7. The van der Waals surface area contributed by atoms with Gasteiger partial charge < -0.3 is 5.32 Å². The third-order valence-electron chi connectivity index (χ3n) is 1.33. The maximum absolute atomic E-state index is 3.83. The highest BCUT2D eigenvalue weighted by molar-refractivity contribution is 7.80. The van der Waals surface area contributed by atoms with Gasteiger partial charge in [-0.3, -0.25) is 0 Å². The first kappa shape index (κ1) is 19.5. The van der Waals surface area contributed by atoms with Crippen LogP contribution in [0.4, 0.5) is 0 Å². The molecule has 1 N–H and O–H groups in total. The first-order valence-electron chi connectivity index (χ1n) is 5.75. The zero-order chi connectivity index (χ0) is 11.8. The van der Waals surface area contributed by atoms with Crippen molar-refractivity contribution >= 4 is 12.6 Å². The minimum absolute atomic E-state index is 0.944. The predicted octanol–water partition coefficient (Wildman–Crippen LogP) is 4.26. The Balaban J connectivity index is -0.000000205. The van der Waals surface area contributed by atoms with Gasteiger partial charge in [0.25, 0.3) is 0 Å². The molecule has 0 aromatic rings. The van der Waals surface area contributed by atoms with E-state index in [0.717, 1.165) is 24.4 Å². The van der Waals surface area contributed by atoms with E-state index in [9.17, 15) is 0 Å². The molecule has 0 saturated heterocycles. The Kier molecular flexibility index (Phi) is 32.1. The summed E-state index contributed by atoms with van der Waals surface area (Å²) in [5.74, 6) is 0.944. The summed E-state index contributed by atoms with van der Waals surface area (Å²) in [6, 6.07) is 0. The molecule has 0 spiro atoms. The maximum atomic E-state index is 3.83. The Labute approximate surface area is 96.8 Å². The Hall–Kier alpha value is -0.110. The fraction of sp³-hybridized carbons (Fsp3) is 0.833. The molecule has 0 fully saturated rings. The van der Waals surface area contributed by atoms with E-state index in [0.29, 0.717) is 0 Å². The van der Waals surface area contributed by atoms with Gasteiger partial charge in [0.2, 0.25) is 0 Å². The molecular formula is C12H29NS. The zero-order valence-electron chi connectivity index (χ0n) is 10.7. The number of hydrogen-bond acceptors (Lipinski definition) is 2. The summed E-state index contributed by atoms with van der Waals surface area (Å²) in [6.45, 7) is 15.2. The van der Waals surface area contributed by atoms with Gasteiger partial charge in [0, 0.05) is 12.2 Å². The molecule has 0 radical (unpaired) electrons. The molecule has 88 valence electrons. The van der Waals surface area contributed by atoms with Gasteiger partial charge >= 0.3 is 0 Å². The van der Waals surface area contributed by atoms with E-state index in [1.807, 2.05) is 20.8 Å². The largest absolute Gasteiger partial charge is 0.389 e. The molecule has 0 unspecified atom stereocenters. The number of unbranched alkanes of at least 4 members (excludes halogenated alkanes) is 1. The summed E-state index contributed by atoms with van der Waals surface area (Å²) in [5.41, 5.74) is 1.16. The van der Waals surface area contributed by atoms with Crippen LogP contribution in [0.2, 0.25) is 0 Å². The van der Waals surface area contributed by atoms with E-state index in [1.165, 1.54) is 12.8 Å². The maximum Gasteiger partial charge on any atom is 0.0143 e. The fourth-order valence-corrected chi connectivity index (χ4v) is 0.567. The lowest BCUT2D eigenvalue weighted by molar-refractivity contribution is 0.696. The molecule has 0 atom stereocenters. The summed E-state index contributed by atoms with van der Waals surface area (Å²) < 4.78 is 0. The molecule has 0 aromatic heterocycles. The fourth-order valence-electron chi connectivity index (χ4n) is 0.567. The van der Waals surface area contributed by atoms with E-state index < -0.39 is 0 Å². The standard InChI is InChI=1S/C8H17N.C2H6S.C2H6/c1-4-6-7-9-8(3)5-2;1-2-3;1-2/h9H,3-7H2,1-2H3;3H,2H2,1H3;1-2H3. The summed E-state index contributed by atoms with van der Waals surface area (Å²) in [4.78, 5) is 0. The topological polar surface area (TPSA) is 12.0 Å². The summed E-state index contributed by atoms with van der Waals surface area (Å²) in [6.07, 6.45) is 3.55. The van der Waals surface area contributed by atoms with Gasteiger partial charge in [-0.05, 0) is 18.6 Å². The Morgan fingerprint density at radius 2 is 1.64 bits per heavy atom. The highest BCUT2D eigenvalue weighted by atomic mass is 32.1. The van der Waals surface area contributed by atoms with Gasteiger partial charge in [-0.25, -0.2) is 0 Å². The highest BCUT2D eigenvalue weighted by Crippen LogP contribution is 1.91. The first-order valence-corrected chi connectivity index (χ1v) is 6.38. The van der Waals surface area contributed by atoms with Crippen LogP contribution >= 0.6 is 12.6 Å². The Bertz CT molecular complexity index is 92.3. The summed E-state index contributed by atoms with van der Waals surface area (Å²) >= 11 is 3.79. The van der Waals surface area contributed by atoms with Crippen molar-refractivity contribution in [3.05, 3.63) is 12.3 Å². The van der Waals surface area contributed by atoms with Gasteiger partial charge in [-0.1, -0.05) is 47.6 Å². The summed E-state index contributed by atoms with van der Waals surface area (Å²) in [7, 11) is 0. The molecule has 0 amide bonds. The molecular weight excluding hydrogens is 190 g/mol. The molecule has 0 heterocycles. The average Bonchev–Trinajstić information content (AvgIpc) is 2.22. The predicted molar refractivity (Wildman–Crippen MR) is 73.2 cm³/mol. The molecule has 0 aliphatic carbocycles. The number of allylic oxidation sites excluding steroid dienone is 1. The molecule has 0 saturated carbocycles. The van der Waals surface area contributed by atoms with Crippen LogP contribution in [0.15, 0.2) is 12.3 Å². The lowest BCUT2D eigenvalue weighted by Crippen LogP contribution is -2.12. The van der Waals surface area contributed by atoms with Crippen molar-refractivity contribution in [2.45, 2.75) is 53.9 Å². The van der Waals surface area contributed by atoms with Crippen LogP contribution in [-0.2, 0) is 0 Å². The number of thiol groups is 1. The molecule has 1 nitrogen and oxygen atoms in total. The monoisotopic (exact) mass is 219 g/mol. The van der Waals surface area contributed by atoms with E-state index in [2.05, 4.69) is 38.4 Å². The SMILES string of the molecule is C=C(CC)NCCCC.CC.CCS. The Morgan fingerprint density at radius 1 is 1.21 bits per heavy atom. The van der Waals surface area contributed by atoms with Crippen molar-refractivity contribution in [2.24, 2.45) is 0 Å². The van der Waals surface area contributed by atoms with Crippen LogP contribution in [0.5, 0.6) is 0 Å². The van der Waals surface area contributed by atoms with Crippen LogP contribution in [0.3, 0.4) is 0 Å². The minimum Gasteiger partial charge on any atom is -0.389 e. The van der Waals surface area contributed by atoms with Gasteiger partial charge in [-0.2, -0.15) is 12.6 Å². The van der Waals surface area contributed by atoms with Gasteiger partial charge in [0.15, 0.2) is 0 Å². The smallest absolute Gasteiger partial charge is 0.0143 e. The second-order valence-corrected chi connectivity index (χ2v) is 3.19. The van der Waals surface area contributed by atoms with Crippen LogP contribution in [0.1, 0.15) is 53.9 Å².